The smallest absolute Gasteiger partial charge is 0.268 e. The maximum absolute atomic E-state index is 12.6. The molecule has 1 aliphatic rings. The fraction of sp³-hybridized carbons (Fsp3) is 0.190. The second-order valence-electron chi connectivity index (χ2n) is 7.00. The molecule has 0 spiro atoms. The molecule has 0 radical (unpaired) electrons. The molecule has 30 heavy (non-hydrogen) atoms. The first-order chi connectivity index (χ1) is 14.3. The molecule has 0 saturated heterocycles. The van der Waals surface area contributed by atoms with E-state index in [4.69, 9.17) is 0 Å². The molecule has 1 aromatic heterocycles. The minimum absolute atomic E-state index is 0.00704. The standard InChI is InChI=1S/C21H19BrN4O3S/c1-14-19(20(27)25-30(28,29)18-8-4-7-17(22)11-18)12-23-21(24-14)26-10-9-15-5-2-3-6-16(15)13-26/h2-8,11-12H,9-10,13H2,1H3,(H,25,27). The predicted octanol–water partition coefficient (Wildman–Crippen LogP) is 3.23. The van der Waals surface area contributed by atoms with E-state index in [2.05, 4.69) is 47.7 Å². The van der Waals surface area contributed by atoms with Crippen molar-refractivity contribution in [2.45, 2.75) is 24.8 Å². The van der Waals surface area contributed by atoms with Crippen molar-refractivity contribution in [3.8, 4) is 0 Å². The van der Waals surface area contributed by atoms with Gasteiger partial charge in [-0.25, -0.2) is 23.1 Å². The highest BCUT2D eigenvalue weighted by Gasteiger charge is 2.23. The molecule has 0 unspecified atom stereocenters. The van der Waals surface area contributed by atoms with Crippen LogP contribution >= 0.6 is 15.9 Å². The number of aromatic nitrogens is 2. The fourth-order valence-electron chi connectivity index (χ4n) is 3.37. The molecule has 4 rings (SSSR count). The van der Waals surface area contributed by atoms with E-state index in [1.807, 2.05) is 12.1 Å². The normalized spacial score (nSPS) is 13.6. The van der Waals surface area contributed by atoms with Gasteiger partial charge in [0.1, 0.15) is 0 Å². The van der Waals surface area contributed by atoms with Crippen LogP contribution in [0.2, 0.25) is 0 Å². The third-order valence-electron chi connectivity index (χ3n) is 4.96. The Labute approximate surface area is 183 Å². The Bertz CT molecular complexity index is 1230. The quantitative estimate of drug-likeness (QED) is 0.608. The SMILES string of the molecule is Cc1nc(N2CCc3ccccc3C2)ncc1C(=O)NS(=O)(=O)c1cccc(Br)c1. The summed E-state index contributed by atoms with van der Waals surface area (Å²) in [6.07, 6.45) is 2.27. The van der Waals surface area contributed by atoms with Crippen LogP contribution in [0.15, 0.2) is 64.1 Å². The van der Waals surface area contributed by atoms with Gasteiger partial charge in [0.2, 0.25) is 5.95 Å². The highest BCUT2D eigenvalue weighted by Crippen LogP contribution is 2.22. The zero-order valence-electron chi connectivity index (χ0n) is 16.2. The molecule has 0 fully saturated rings. The second-order valence-corrected chi connectivity index (χ2v) is 9.60. The number of hydrogen-bond acceptors (Lipinski definition) is 6. The van der Waals surface area contributed by atoms with E-state index in [1.165, 1.54) is 29.5 Å². The number of rotatable bonds is 4. The average molecular weight is 487 g/mol. The Morgan fingerprint density at radius 2 is 1.90 bits per heavy atom. The second kappa shape index (κ2) is 8.16. The van der Waals surface area contributed by atoms with Crippen molar-refractivity contribution in [1.29, 1.82) is 0 Å². The van der Waals surface area contributed by atoms with Gasteiger partial charge >= 0.3 is 0 Å². The lowest BCUT2D eigenvalue weighted by atomic mass is 10.0. The first-order valence-corrected chi connectivity index (χ1v) is 11.6. The molecular formula is C21H19BrN4O3S. The largest absolute Gasteiger partial charge is 0.336 e. The van der Waals surface area contributed by atoms with E-state index in [1.54, 1.807) is 19.1 Å². The van der Waals surface area contributed by atoms with Crippen LogP contribution in [0.3, 0.4) is 0 Å². The molecule has 9 heteroatoms. The molecule has 154 valence electrons. The van der Waals surface area contributed by atoms with Gasteiger partial charge in [-0.3, -0.25) is 4.79 Å². The van der Waals surface area contributed by atoms with Crippen molar-refractivity contribution in [3.05, 3.63) is 81.6 Å². The minimum Gasteiger partial charge on any atom is -0.336 e. The number of amides is 1. The van der Waals surface area contributed by atoms with Crippen LogP contribution in [-0.2, 0) is 23.0 Å². The highest BCUT2D eigenvalue weighted by molar-refractivity contribution is 9.10. The maximum Gasteiger partial charge on any atom is 0.268 e. The van der Waals surface area contributed by atoms with E-state index in [9.17, 15) is 13.2 Å². The lowest BCUT2D eigenvalue weighted by Gasteiger charge is -2.29. The summed E-state index contributed by atoms with van der Waals surface area (Å²) in [5.74, 6) is -0.239. The Balaban J connectivity index is 1.53. The van der Waals surface area contributed by atoms with Gasteiger partial charge in [-0.1, -0.05) is 46.3 Å². The van der Waals surface area contributed by atoms with Crippen molar-refractivity contribution in [1.82, 2.24) is 14.7 Å². The third kappa shape index (κ3) is 4.22. The number of fused-ring (bicyclic) bond motifs is 1. The average Bonchev–Trinajstić information content (AvgIpc) is 2.73. The number of nitrogens with one attached hydrogen (secondary N) is 1. The van der Waals surface area contributed by atoms with Gasteiger partial charge < -0.3 is 4.90 Å². The number of nitrogens with zero attached hydrogens (tertiary/aromatic N) is 3. The van der Waals surface area contributed by atoms with E-state index in [0.29, 0.717) is 22.7 Å². The zero-order chi connectivity index (χ0) is 21.3. The number of benzene rings is 2. The summed E-state index contributed by atoms with van der Waals surface area (Å²) in [6, 6.07) is 14.4. The van der Waals surface area contributed by atoms with Crippen LogP contribution in [0.1, 0.15) is 27.2 Å². The Morgan fingerprint density at radius 1 is 1.13 bits per heavy atom. The van der Waals surface area contributed by atoms with Gasteiger partial charge in [0.25, 0.3) is 15.9 Å². The zero-order valence-corrected chi connectivity index (χ0v) is 18.6. The van der Waals surface area contributed by atoms with Crippen molar-refractivity contribution >= 4 is 37.8 Å². The van der Waals surface area contributed by atoms with Gasteiger partial charge in [0, 0.05) is 23.8 Å². The molecule has 1 amide bonds. The lowest BCUT2D eigenvalue weighted by Crippen LogP contribution is -2.33. The number of sulfonamides is 1. The number of anilines is 1. The molecule has 0 saturated carbocycles. The van der Waals surface area contributed by atoms with E-state index in [-0.39, 0.29) is 10.5 Å². The molecule has 2 aromatic carbocycles. The van der Waals surface area contributed by atoms with E-state index >= 15 is 0 Å². The van der Waals surface area contributed by atoms with Gasteiger partial charge in [-0.15, -0.1) is 0 Å². The number of carbonyl (C=O) groups excluding carboxylic acids is 1. The highest BCUT2D eigenvalue weighted by atomic mass is 79.9. The van der Waals surface area contributed by atoms with Crippen molar-refractivity contribution in [3.63, 3.8) is 0 Å². The molecule has 2 heterocycles. The molecule has 0 aliphatic carbocycles. The molecule has 0 bridgehead atoms. The molecule has 0 atom stereocenters. The summed E-state index contributed by atoms with van der Waals surface area (Å²) in [5.41, 5.74) is 3.08. The van der Waals surface area contributed by atoms with Gasteiger partial charge in [-0.2, -0.15) is 0 Å². The van der Waals surface area contributed by atoms with Crippen LogP contribution in [0.4, 0.5) is 5.95 Å². The summed E-state index contributed by atoms with van der Waals surface area (Å²) in [5, 5.41) is 0. The molecular weight excluding hydrogens is 468 g/mol. The first kappa shape index (κ1) is 20.5. The summed E-state index contributed by atoms with van der Waals surface area (Å²) in [4.78, 5) is 23.4. The third-order valence-corrected chi connectivity index (χ3v) is 6.78. The first-order valence-electron chi connectivity index (χ1n) is 9.31. The van der Waals surface area contributed by atoms with Crippen molar-refractivity contribution < 1.29 is 13.2 Å². The maximum atomic E-state index is 12.6. The topological polar surface area (TPSA) is 92.3 Å². The Hall–Kier alpha value is -2.78. The lowest BCUT2D eigenvalue weighted by molar-refractivity contribution is 0.0980. The van der Waals surface area contributed by atoms with Crippen LogP contribution < -0.4 is 9.62 Å². The van der Waals surface area contributed by atoms with Gasteiger partial charge in [0.05, 0.1) is 16.2 Å². The number of aryl methyl sites for hydroxylation is 1. The van der Waals surface area contributed by atoms with E-state index < -0.39 is 15.9 Å². The van der Waals surface area contributed by atoms with Gasteiger partial charge in [-0.05, 0) is 42.7 Å². The van der Waals surface area contributed by atoms with Gasteiger partial charge in [0.15, 0.2) is 0 Å². The van der Waals surface area contributed by atoms with Crippen LogP contribution in [0, 0.1) is 6.92 Å². The van der Waals surface area contributed by atoms with Crippen LogP contribution in [-0.4, -0.2) is 30.8 Å². The number of halogens is 1. The molecule has 3 aromatic rings. The van der Waals surface area contributed by atoms with E-state index in [0.717, 1.165) is 13.0 Å². The van der Waals surface area contributed by atoms with Crippen molar-refractivity contribution in [2.24, 2.45) is 0 Å². The molecule has 1 aliphatic heterocycles. The van der Waals surface area contributed by atoms with Crippen LogP contribution in [0.25, 0.3) is 0 Å². The summed E-state index contributed by atoms with van der Waals surface area (Å²) in [7, 11) is -4.01. The fourth-order valence-corrected chi connectivity index (χ4v) is 4.93. The minimum atomic E-state index is -4.01. The summed E-state index contributed by atoms with van der Waals surface area (Å²) < 4.78 is 27.7. The number of hydrogen-bond donors (Lipinski definition) is 1. The molecule has 7 nitrogen and oxygen atoms in total. The van der Waals surface area contributed by atoms with Crippen molar-refractivity contribution in [2.75, 3.05) is 11.4 Å². The monoisotopic (exact) mass is 486 g/mol. The molecule has 1 N–H and O–H groups in total. The predicted molar refractivity (Wildman–Crippen MR) is 117 cm³/mol. The number of carbonyl (C=O) groups is 1. The summed E-state index contributed by atoms with van der Waals surface area (Å²) >= 11 is 3.23. The Kier molecular flexibility index (Phi) is 5.57. The Morgan fingerprint density at radius 3 is 2.63 bits per heavy atom. The summed E-state index contributed by atoms with van der Waals surface area (Å²) in [6.45, 7) is 3.14. The van der Waals surface area contributed by atoms with Crippen LogP contribution in [0.5, 0.6) is 0 Å².